The number of rotatable bonds is 3. The molecule has 7 heteroatoms. The fourth-order valence-corrected chi connectivity index (χ4v) is 2.69. The van der Waals surface area contributed by atoms with Gasteiger partial charge >= 0.3 is 0 Å². The lowest BCUT2D eigenvalue weighted by Gasteiger charge is -2.04. The quantitative estimate of drug-likeness (QED) is 0.807. The molecule has 0 radical (unpaired) electrons. The molecule has 22 heavy (non-hydrogen) atoms. The molecule has 0 aliphatic heterocycles. The van der Waals surface area contributed by atoms with Crippen molar-refractivity contribution in [1.82, 2.24) is 20.0 Å². The van der Waals surface area contributed by atoms with Gasteiger partial charge in [0.1, 0.15) is 0 Å². The minimum atomic E-state index is -0.302. The SMILES string of the molecule is Cc1ccc(-n2nc(C)c(C(=O)Nc3nccs3)n2)c(C)c1. The van der Waals surface area contributed by atoms with Crippen molar-refractivity contribution < 1.29 is 4.79 Å². The van der Waals surface area contributed by atoms with E-state index in [1.54, 1.807) is 18.5 Å². The van der Waals surface area contributed by atoms with Gasteiger partial charge in [-0.15, -0.1) is 16.4 Å². The molecule has 1 amide bonds. The number of thiazole rings is 1. The van der Waals surface area contributed by atoms with Crippen molar-refractivity contribution in [2.45, 2.75) is 20.8 Å². The molecule has 3 aromatic rings. The molecule has 0 unspecified atom stereocenters. The Morgan fingerprint density at radius 2 is 2.05 bits per heavy atom. The van der Waals surface area contributed by atoms with Crippen LogP contribution in [0.15, 0.2) is 29.8 Å². The first kappa shape index (κ1) is 14.4. The number of carbonyl (C=O) groups is 1. The number of nitrogens with one attached hydrogen (secondary N) is 1. The van der Waals surface area contributed by atoms with Crippen LogP contribution in [0.25, 0.3) is 5.69 Å². The lowest BCUT2D eigenvalue weighted by Crippen LogP contribution is -2.14. The Balaban J connectivity index is 1.92. The van der Waals surface area contributed by atoms with Gasteiger partial charge in [-0.05, 0) is 32.4 Å². The van der Waals surface area contributed by atoms with E-state index in [0.29, 0.717) is 16.5 Å². The summed E-state index contributed by atoms with van der Waals surface area (Å²) in [5.74, 6) is -0.302. The van der Waals surface area contributed by atoms with Crippen molar-refractivity contribution >= 4 is 22.4 Å². The first-order valence-electron chi connectivity index (χ1n) is 6.77. The smallest absolute Gasteiger partial charge is 0.279 e. The summed E-state index contributed by atoms with van der Waals surface area (Å²) in [6.45, 7) is 5.80. The predicted octanol–water partition coefficient (Wildman–Crippen LogP) is 2.90. The number of hydrogen-bond acceptors (Lipinski definition) is 5. The third kappa shape index (κ3) is 2.75. The highest BCUT2D eigenvalue weighted by atomic mass is 32.1. The summed E-state index contributed by atoms with van der Waals surface area (Å²) in [4.78, 5) is 17.8. The van der Waals surface area contributed by atoms with Crippen molar-refractivity contribution in [3.05, 3.63) is 52.3 Å². The van der Waals surface area contributed by atoms with Gasteiger partial charge in [0.05, 0.1) is 11.4 Å². The number of aryl methyl sites for hydroxylation is 3. The number of hydrogen-bond donors (Lipinski definition) is 1. The lowest BCUT2D eigenvalue weighted by molar-refractivity contribution is 0.102. The maximum atomic E-state index is 12.3. The third-order valence-electron chi connectivity index (χ3n) is 3.22. The van der Waals surface area contributed by atoms with Crippen molar-refractivity contribution in [2.75, 3.05) is 5.32 Å². The highest BCUT2D eigenvalue weighted by Crippen LogP contribution is 2.16. The van der Waals surface area contributed by atoms with Crippen LogP contribution in [0.1, 0.15) is 27.3 Å². The van der Waals surface area contributed by atoms with Crippen LogP contribution in [-0.4, -0.2) is 25.9 Å². The van der Waals surface area contributed by atoms with Gasteiger partial charge in [-0.3, -0.25) is 10.1 Å². The Morgan fingerprint density at radius 1 is 1.23 bits per heavy atom. The summed E-state index contributed by atoms with van der Waals surface area (Å²) in [7, 11) is 0. The largest absolute Gasteiger partial charge is 0.296 e. The predicted molar refractivity (Wildman–Crippen MR) is 85.6 cm³/mol. The van der Waals surface area contributed by atoms with Gasteiger partial charge in [0.25, 0.3) is 5.91 Å². The van der Waals surface area contributed by atoms with Crippen LogP contribution in [0.2, 0.25) is 0 Å². The molecule has 1 N–H and O–H groups in total. The standard InChI is InChI=1S/C15H15N5OS/c1-9-4-5-12(10(2)8-9)20-18-11(3)13(19-20)14(21)17-15-16-6-7-22-15/h4-8H,1-3H3,(H,16,17,21). The van der Waals surface area contributed by atoms with E-state index in [-0.39, 0.29) is 5.91 Å². The van der Waals surface area contributed by atoms with Crippen LogP contribution in [0.3, 0.4) is 0 Å². The lowest BCUT2D eigenvalue weighted by atomic mass is 10.1. The van der Waals surface area contributed by atoms with E-state index in [1.807, 2.05) is 26.0 Å². The molecule has 0 bridgehead atoms. The zero-order valence-electron chi connectivity index (χ0n) is 12.5. The zero-order valence-corrected chi connectivity index (χ0v) is 13.3. The van der Waals surface area contributed by atoms with Crippen LogP contribution in [0.4, 0.5) is 5.13 Å². The number of benzene rings is 1. The number of anilines is 1. The molecule has 2 aromatic heterocycles. The summed E-state index contributed by atoms with van der Waals surface area (Å²) in [5.41, 5.74) is 3.97. The third-order valence-corrected chi connectivity index (χ3v) is 3.91. The highest BCUT2D eigenvalue weighted by Gasteiger charge is 2.17. The minimum Gasteiger partial charge on any atom is -0.296 e. The van der Waals surface area contributed by atoms with E-state index in [4.69, 9.17) is 0 Å². The normalized spacial score (nSPS) is 10.7. The maximum absolute atomic E-state index is 12.3. The second-order valence-corrected chi connectivity index (χ2v) is 5.90. The van der Waals surface area contributed by atoms with Crippen molar-refractivity contribution in [2.24, 2.45) is 0 Å². The molecule has 0 saturated carbocycles. The number of carbonyl (C=O) groups excluding carboxylic acids is 1. The first-order valence-corrected chi connectivity index (χ1v) is 7.65. The van der Waals surface area contributed by atoms with Gasteiger partial charge in [-0.25, -0.2) is 4.98 Å². The summed E-state index contributed by atoms with van der Waals surface area (Å²) in [6, 6.07) is 6.01. The van der Waals surface area contributed by atoms with Crippen LogP contribution in [0, 0.1) is 20.8 Å². The van der Waals surface area contributed by atoms with Crippen LogP contribution in [0.5, 0.6) is 0 Å². The topological polar surface area (TPSA) is 72.7 Å². The van der Waals surface area contributed by atoms with Gasteiger partial charge in [-0.2, -0.15) is 9.90 Å². The molecule has 6 nitrogen and oxygen atoms in total. The van der Waals surface area contributed by atoms with Crippen molar-refractivity contribution in [1.29, 1.82) is 0 Å². The molecule has 0 spiro atoms. The van der Waals surface area contributed by atoms with Crippen LogP contribution >= 0.6 is 11.3 Å². The van der Waals surface area contributed by atoms with E-state index in [9.17, 15) is 4.79 Å². The zero-order chi connectivity index (χ0) is 15.7. The van der Waals surface area contributed by atoms with Crippen molar-refractivity contribution in [3.8, 4) is 5.69 Å². The fraction of sp³-hybridized carbons (Fsp3) is 0.200. The Kier molecular flexibility index (Phi) is 3.72. The van der Waals surface area contributed by atoms with Gasteiger partial charge in [0.15, 0.2) is 10.8 Å². The Labute approximate surface area is 131 Å². The molecular weight excluding hydrogens is 298 g/mol. The monoisotopic (exact) mass is 313 g/mol. The number of nitrogens with zero attached hydrogens (tertiary/aromatic N) is 4. The van der Waals surface area contributed by atoms with E-state index in [0.717, 1.165) is 11.3 Å². The summed E-state index contributed by atoms with van der Waals surface area (Å²) in [6.07, 6.45) is 1.64. The Bertz CT molecular complexity index is 823. The summed E-state index contributed by atoms with van der Waals surface area (Å²) in [5, 5.41) is 13.7. The van der Waals surface area contributed by atoms with Gasteiger partial charge in [0, 0.05) is 11.6 Å². The highest BCUT2D eigenvalue weighted by molar-refractivity contribution is 7.13. The molecule has 0 saturated heterocycles. The van der Waals surface area contributed by atoms with Crippen LogP contribution < -0.4 is 5.32 Å². The maximum Gasteiger partial charge on any atom is 0.279 e. The number of aromatic nitrogens is 4. The Morgan fingerprint density at radius 3 is 2.73 bits per heavy atom. The van der Waals surface area contributed by atoms with E-state index < -0.39 is 0 Å². The molecule has 0 aliphatic rings. The van der Waals surface area contributed by atoms with E-state index >= 15 is 0 Å². The number of amides is 1. The van der Waals surface area contributed by atoms with Crippen LogP contribution in [-0.2, 0) is 0 Å². The summed E-state index contributed by atoms with van der Waals surface area (Å²) < 4.78 is 0. The first-order chi connectivity index (χ1) is 10.5. The fourth-order valence-electron chi connectivity index (χ4n) is 2.17. The molecule has 3 rings (SSSR count). The van der Waals surface area contributed by atoms with E-state index in [2.05, 4.69) is 26.6 Å². The van der Waals surface area contributed by atoms with Gasteiger partial charge in [-0.1, -0.05) is 17.7 Å². The van der Waals surface area contributed by atoms with Gasteiger partial charge in [0.2, 0.25) is 0 Å². The molecule has 112 valence electrons. The molecule has 0 aliphatic carbocycles. The molecular formula is C15H15N5OS. The van der Waals surface area contributed by atoms with Gasteiger partial charge < -0.3 is 0 Å². The molecule has 0 atom stereocenters. The molecule has 1 aromatic carbocycles. The van der Waals surface area contributed by atoms with Crippen molar-refractivity contribution in [3.63, 3.8) is 0 Å². The second kappa shape index (κ2) is 5.69. The average molecular weight is 313 g/mol. The molecule has 2 heterocycles. The average Bonchev–Trinajstić information content (AvgIpc) is 3.08. The van der Waals surface area contributed by atoms with E-state index in [1.165, 1.54) is 21.7 Å². The molecule has 0 fully saturated rings. The second-order valence-electron chi connectivity index (χ2n) is 5.00. The summed E-state index contributed by atoms with van der Waals surface area (Å²) >= 11 is 1.36. The minimum absolute atomic E-state index is 0.301. The Hall–Kier alpha value is -2.54.